The van der Waals surface area contributed by atoms with Gasteiger partial charge < -0.3 is 15.2 Å². The predicted octanol–water partition coefficient (Wildman–Crippen LogP) is 3.32. The maximum absolute atomic E-state index is 13.1. The van der Waals surface area contributed by atoms with Crippen LogP contribution in [0.3, 0.4) is 0 Å². The van der Waals surface area contributed by atoms with Crippen LogP contribution in [0, 0.1) is 0 Å². The van der Waals surface area contributed by atoms with Gasteiger partial charge >= 0.3 is 0 Å². The number of amides is 1. The fraction of sp³-hybridized carbons (Fsp3) is 0.200. The zero-order valence-electron chi connectivity index (χ0n) is 19.4. The predicted molar refractivity (Wildman–Crippen MR) is 133 cm³/mol. The van der Waals surface area contributed by atoms with E-state index >= 15 is 0 Å². The van der Waals surface area contributed by atoms with E-state index in [1.54, 1.807) is 22.9 Å². The lowest BCUT2D eigenvalue weighted by atomic mass is 10.1. The number of aromatic nitrogens is 2. The number of ether oxygens (including phenoxy) is 2. The number of anilines is 1. The van der Waals surface area contributed by atoms with Gasteiger partial charge in [0.25, 0.3) is 10.0 Å². The highest BCUT2D eigenvalue weighted by Gasteiger charge is 2.21. The van der Waals surface area contributed by atoms with Crippen LogP contribution in [0.4, 0.5) is 5.82 Å². The Kier molecular flexibility index (Phi) is 6.92. The van der Waals surface area contributed by atoms with Crippen molar-refractivity contribution >= 4 is 32.7 Å². The number of carbonyl (C=O) groups is 1. The molecule has 0 saturated heterocycles. The van der Waals surface area contributed by atoms with Crippen molar-refractivity contribution in [3.63, 3.8) is 0 Å². The molecule has 0 atom stereocenters. The Morgan fingerprint density at radius 3 is 2.40 bits per heavy atom. The summed E-state index contributed by atoms with van der Waals surface area (Å²) in [5.41, 5.74) is 7.91. The summed E-state index contributed by atoms with van der Waals surface area (Å²) >= 11 is 0. The fourth-order valence-corrected chi connectivity index (χ4v) is 4.83. The van der Waals surface area contributed by atoms with Gasteiger partial charge in [-0.05, 0) is 53.9 Å². The molecule has 3 aromatic carbocycles. The molecule has 1 aromatic heterocycles. The molecule has 0 saturated carbocycles. The molecule has 3 N–H and O–H groups in total. The molecular weight excluding hydrogens is 468 g/mol. The molecule has 1 amide bonds. The Morgan fingerprint density at radius 2 is 1.71 bits per heavy atom. The van der Waals surface area contributed by atoms with E-state index in [0.717, 1.165) is 11.1 Å². The Balaban J connectivity index is 1.70. The van der Waals surface area contributed by atoms with E-state index in [1.165, 1.54) is 26.4 Å². The number of nitrogens with one attached hydrogen (secondary N) is 1. The Bertz CT molecular complexity index is 1460. The Hall–Kier alpha value is -4.05. The molecule has 182 valence electrons. The number of primary amides is 1. The number of benzene rings is 3. The molecular formula is C25H26N4O5S. The number of aryl methyl sites for hydroxylation is 1. The SMILES string of the molecule is COc1ccc(S(=O)(=O)Nc2nn(Cc3cccc(CCC(N)=O)c3)c3cccc(OC)c23)cc1. The van der Waals surface area contributed by atoms with Crippen LogP contribution in [0.15, 0.2) is 71.6 Å². The molecule has 0 aliphatic carbocycles. The molecule has 4 rings (SSSR count). The first-order valence-electron chi connectivity index (χ1n) is 10.9. The first-order chi connectivity index (χ1) is 16.8. The fourth-order valence-electron chi connectivity index (χ4n) is 3.82. The number of methoxy groups -OCH3 is 2. The van der Waals surface area contributed by atoms with Crippen molar-refractivity contribution in [3.8, 4) is 11.5 Å². The van der Waals surface area contributed by atoms with Crippen LogP contribution in [0.1, 0.15) is 17.5 Å². The summed E-state index contributed by atoms with van der Waals surface area (Å²) in [5, 5.41) is 5.14. The second kappa shape index (κ2) is 10.1. The molecule has 1 heterocycles. The molecule has 0 bridgehead atoms. The molecule has 0 spiro atoms. The van der Waals surface area contributed by atoms with E-state index in [0.29, 0.717) is 35.4 Å². The summed E-state index contributed by atoms with van der Waals surface area (Å²) in [6.45, 7) is 0.387. The maximum atomic E-state index is 13.1. The van der Waals surface area contributed by atoms with Gasteiger partial charge in [0.1, 0.15) is 11.5 Å². The normalized spacial score (nSPS) is 11.4. The van der Waals surface area contributed by atoms with Crippen LogP contribution < -0.4 is 19.9 Å². The van der Waals surface area contributed by atoms with Gasteiger partial charge in [-0.3, -0.25) is 14.2 Å². The van der Waals surface area contributed by atoms with Crippen LogP contribution in [-0.2, 0) is 27.8 Å². The Morgan fingerprint density at radius 1 is 1.00 bits per heavy atom. The Labute approximate surface area is 203 Å². The van der Waals surface area contributed by atoms with Gasteiger partial charge in [0, 0.05) is 6.42 Å². The van der Waals surface area contributed by atoms with Gasteiger partial charge in [-0.25, -0.2) is 8.42 Å². The topological polar surface area (TPSA) is 126 Å². The third-order valence-electron chi connectivity index (χ3n) is 5.54. The van der Waals surface area contributed by atoms with Gasteiger partial charge in [0.2, 0.25) is 5.91 Å². The van der Waals surface area contributed by atoms with Gasteiger partial charge in [-0.1, -0.05) is 30.3 Å². The zero-order valence-corrected chi connectivity index (χ0v) is 20.2. The lowest BCUT2D eigenvalue weighted by molar-refractivity contribution is -0.117. The summed E-state index contributed by atoms with van der Waals surface area (Å²) in [5.74, 6) is 0.863. The first-order valence-corrected chi connectivity index (χ1v) is 12.4. The molecule has 35 heavy (non-hydrogen) atoms. The van der Waals surface area contributed by atoms with Crippen molar-refractivity contribution in [2.24, 2.45) is 5.73 Å². The highest BCUT2D eigenvalue weighted by molar-refractivity contribution is 7.92. The quantitative estimate of drug-likeness (QED) is 0.348. The van der Waals surface area contributed by atoms with Crippen molar-refractivity contribution in [2.45, 2.75) is 24.3 Å². The molecule has 10 heteroatoms. The number of hydrogen-bond acceptors (Lipinski definition) is 6. The van der Waals surface area contributed by atoms with E-state index in [2.05, 4.69) is 9.82 Å². The van der Waals surface area contributed by atoms with E-state index in [4.69, 9.17) is 15.2 Å². The standard InChI is InChI=1S/C25H26N4O5S/c1-33-19-10-12-20(13-11-19)35(31,32)28-25-24-21(7-4-8-22(24)34-2)29(27-25)16-18-6-3-5-17(15-18)9-14-23(26)30/h3-8,10-13,15H,9,14,16H2,1-2H3,(H2,26,30)(H,27,28). The second-order valence-electron chi connectivity index (χ2n) is 7.93. The van der Waals surface area contributed by atoms with Crippen LogP contribution >= 0.6 is 0 Å². The van der Waals surface area contributed by atoms with Crippen LogP contribution in [-0.4, -0.2) is 38.3 Å². The monoisotopic (exact) mass is 494 g/mol. The number of nitrogens with zero attached hydrogens (tertiary/aromatic N) is 2. The number of sulfonamides is 1. The summed E-state index contributed by atoms with van der Waals surface area (Å²) in [4.78, 5) is 11.2. The van der Waals surface area contributed by atoms with Gasteiger partial charge in [-0.15, -0.1) is 0 Å². The largest absolute Gasteiger partial charge is 0.497 e. The molecule has 0 aliphatic heterocycles. The first kappa shape index (κ1) is 24.1. The second-order valence-corrected chi connectivity index (χ2v) is 9.61. The van der Waals surface area contributed by atoms with Crippen LogP contribution in [0.5, 0.6) is 11.5 Å². The summed E-state index contributed by atoms with van der Waals surface area (Å²) in [7, 11) is -0.879. The molecule has 9 nitrogen and oxygen atoms in total. The maximum Gasteiger partial charge on any atom is 0.263 e. The minimum Gasteiger partial charge on any atom is -0.497 e. The number of nitrogens with two attached hydrogens (primary N) is 1. The van der Waals surface area contributed by atoms with Crippen molar-refractivity contribution < 1.29 is 22.7 Å². The van der Waals surface area contributed by atoms with E-state index in [-0.39, 0.29) is 23.0 Å². The number of rotatable bonds is 10. The molecule has 4 aromatic rings. The molecule has 0 unspecified atom stereocenters. The van der Waals surface area contributed by atoms with E-state index < -0.39 is 10.0 Å². The smallest absolute Gasteiger partial charge is 0.263 e. The van der Waals surface area contributed by atoms with Gasteiger partial charge in [0.15, 0.2) is 5.82 Å². The summed E-state index contributed by atoms with van der Waals surface area (Å²) in [6.07, 6.45) is 0.812. The van der Waals surface area contributed by atoms with Gasteiger partial charge in [0.05, 0.1) is 36.6 Å². The molecule has 0 fully saturated rings. The lowest BCUT2D eigenvalue weighted by Gasteiger charge is -2.08. The summed E-state index contributed by atoms with van der Waals surface area (Å²) in [6, 6.07) is 19.3. The van der Waals surface area contributed by atoms with Crippen molar-refractivity contribution in [1.82, 2.24) is 9.78 Å². The highest BCUT2D eigenvalue weighted by Crippen LogP contribution is 2.34. The minimum absolute atomic E-state index is 0.0815. The van der Waals surface area contributed by atoms with Gasteiger partial charge in [-0.2, -0.15) is 5.10 Å². The third kappa shape index (κ3) is 5.38. The number of hydrogen-bond donors (Lipinski definition) is 2. The molecule has 0 radical (unpaired) electrons. The summed E-state index contributed by atoms with van der Waals surface area (Å²) < 4.78 is 41.2. The van der Waals surface area contributed by atoms with Crippen LogP contribution in [0.25, 0.3) is 10.9 Å². The number of fused-ring (bicyclic) bond motifs is 1. The van der Waals surface area contributed by atoms with Crippen molar-refractivity contribution in [2.75, 3.05) is 18.9 Å². The average molecular weight is 495 g/mol. The number of carbonyl (C=O) groups excluding carboxylic acids is 1. The zero-order chi connectivity index (χ0) is 25.0. The molecule has 0 aliphatic rings. The van der Waals surface area contributed by atoms with E-state index in [1.807, 2.05) is 36.4 Å². The average Bonchev–Trinajstić information content (AvgIpc) is 3.19. The van der Waals surface area contributed by atoms with E-state index in [9.17, 15) is 13.2 Å². The highest BCUT2D eigenvalue weighted by atomic mass is 32.2. The van der Waals surface area contributed by atoms with Crippen LogP contribution in [0.2, 0.25) is 0 Å². The lowest BCUT2D eigenvalue weighted by Crippen LogP contribution is -2.14. The third-order valence-corrected chi connectivity index (χ3v) is 6.90. The minimum atomic E-state index is -3.92. The van der Waals surface area contributed by atoms with Crippen molar-refractivity contribution in [3.05, 3.63) is 77.9 Å². The van der Waals surface area contributed by atoms with Crippen molar-refractivity contribution in [1.29, 1.82) is 0 Å².